The van der Waals surface area contributed by atoms with Crippen molar-refractivity contribution in [3.8, 4) is 17.5 Å². The summed E-state index contributed by atoms with van der Waals surface area (Å²) in [5.41, 5.74) is 3.14. The molecular weight excluding hydrogens is 591 g/mol. The molecule has 0 amide bonds. The van der Waals surface area contributed by atoms with Crippen LogP contribution < -0.4 is 15.0 Å². The van der Waals surface area contributed by atoms with E-state index in [9.17, 15) is 0 Å². The summed E-state index contributed by atoms with van der Waals surface area (Å²) in [5, 5.41) is 26.6. The first-order valence-electron chi connectivity index (χ1n) is 13.4. The Morgan fingerprint density at radius 3 is 1.83 bits per heavy atom. The maximum absolute atomic E-state index is 8.50. The van der Waals surface area contributed by atoms with Crippen LogP contribution in [0.3, 0.4) is 0 Å². The van der Waals surface area contributed by atoms with E-state index in [-0.39, 0.29) is 0 Å². The van der Waals surface area contributed by atoms with Crippen molar-refractivity contribution in [1.29, 1.82) is 0 Å². The Morgan fingerprint density at radius 1 is 0.587 bits per heavy atom. The number of pyridine rings is 1. The van der Waals surface area contributed by atoms with Crippen LogP contribution in [0.25, 0.3) is 33.0 Å². The fourth-order valence-corrected chi connectivity index (χ4v) is 3.90. The average Bonchev–Trinajstić information content (AvgIpc) is 3.53. The third kappa shape index (κ3) is 7.13. The van der Waals surface area contributed by atoms with Crippen molar-refractivity contribution in [3.63, 3.8) is 0 Å². The number of hydrogen-bond donors (Lipinski definition) is 2. The molecule has 0 spiro atoms. The minimum absolute atomic E-state index is 0.303. The molecule has 16 nitrogen and oxygen atoms in total. The van der Waals surface area contributed by atoms with Gasteiger partial charge in [0.25, 0.3) is 5.88 Å². The molecule has 2 aromatic carbocycles. The van der Waals surface area contributed by atoms with Gasteiger partial charge in [0.2, 0.25) is 11.5 Å². The molecule has 0 fully saturated rings. The predicted octanol–water partition coefficient (Wildman–Crippen LogP) is 1.98. The first kappa shape index (κ1) is 29.5. The molecule has 0 unspecified atom stereocenters. The average molecular weight is 612 g/mol. The van der Waals surface area contributed by atoms with Gasteiger partial charge < -0.3 is 19.6 Å². The molecule has 0 atom stereocenters. The standard InChI is InChI=1S/C13H8N6O.C12H8N4O.C4H5BN2O2/c1-2-5-10-9(4-1)13(16-8-15-10)20-19-12-11(17-18-19)6-3-7-14-12;1-2-4-11-10(3-1)12(16-8-15-11)17-9-5-13-7-14-6-9;8-5(9)4-1-6-3-7-2-4/h1-8H;1-8H;1-3,8-9H. The normalized spacial score (nSPS) is 10.4. The Labute approximate surface area is 259 Å². The van der Waals surface area contributed by atoms with Gasteiger partial charge in [-0.1, -0.05) is 29.1 Å². The van der Waals surface area contributed by atoms with E-state index in [0.29, 0.717) is 34.1 Å². The SMILES string of the molecule is OB(O)c1cncnc1.c1ccc2c(Oc3cncnc3)ncnc2c1.c1ccc2c(On3nnc4cccnc43)ncnc2c1. The maximum Gasteiger partial charge on any atom is 0.491 e. The minimum atomic E-state index is -1.47. The molecule has 2 N–H and O–H groups in total. The van der Waals surface area contributed by atoms with Gasteiger partial charge in [0.05, 0.1) is 34.2 Å². The number of ether oxygens (including phenoxy) is 1. The number of nitrogens with zero attached hydrogens (tertiary/aromatic N) is 12. The molecule has 46 heavy (non-hydrogen) atoms. The van der Waals surface area contributed by atoms with Crippen LogP contribution in [0, 0.1) is 0 Å². The zero-order valence-corrected chi connectivity index (χ0v) is 23.6. The van der Waals surface area contributed by atoms with Crippen molar-refractivity contribution in [2.24, 2.45) is 0 Å². The molecule has 8 rings (SSSR count). The summed E-state index contributed by atoms with van der Waals surface area (Å²) in [5.74, 6) is 1.47. The van der Waals surface area contributed by atoms with Crippen LogP contribution in [0.2, 0.25) is 0 Å². The summed E-state index contributed by atoms with van der Waals surface area (Å²) in [6, 6.07) is 18.8. The maximum atomic E-state index is 8.50. The number of fused-ring (bicyclic) bond motifs is 3. The van der Waals surface area contributed by atoms with E-state index in [4.69, 9.17) is 19.6 Å². The highest BCUT2D eigenvalue weighted by molar-refractivity contribution is 6.58. The lowest BCUT2D eigenvalue weighted by atomic mass is 9.83. The summed E-state index contributed by atoms with van der Waals surface area (Å²) in [7, 11) is -1.47. The number of hydrogen-bond acceptors (Lipinski definition) is 15. The lowest BCUT2D eigenvalue weighted by molar-refractivity contribution is 0.177. The summed E-state index contributed by atoms with van der Waals surface area (Å²) in [6.07, 6.45) is 13.2. The van der Waals surface area contributed by atoms with Crippen molar-refractivity contribution < 1.29 is 19.6 Å². The molecule has 0 aliphatic carbocycles. The molecule has 0 aliphatic heterocycles. The first-order valence-corrected chi connectivity index (χ1v) is 13.4. The van der Waals surface area contributed by atoms with E-state index in [1.165, 1.54) is 42.5 Å². The number of aromatic nitrogens is 12. The van der Waals surface area contributed by atoms with Crippen LogP contribution in [0.4, 0.5) is 0 Å². The molecule has 0 aliphatic rings. The number of para-hydroxylation sites is 2. The number of benzene rings is 2. The zero-order chi connectivity index (χ0) is 31.6. The van der Waals surface area contributed by atoms with E-state index >= 15 is 0 Å². The van der Waals surface area contributed by atoms with Crippen molar-refractivity contribution in [3.05, 3.63) is 117 Å². The fraction of sp³-hybridized carbons (Fsp3) is 0. The fourth-order valence-electron chi connectivity index (χ4n) is 3.90. The van der Waals surface area contributed by atoms with Gasteiger partial charge >= 0.3 is 7.12 Å². The summed E-state index contributed by atoms with van der Waals surface area (Å²) in [4.78, 5) is 42.6. The first-order chi connectivity index (χ1) is 22.7. The molecule has 0 saturated carbocycles. The molecule has 0 saturated heterocycles. The van der Waals surface area contributed by atoms with E-state index in [2.05, 4.69) is 55.2 Å². The molecule has 6 aromatic heterocycles. The van der Waals surface area contributed by atoms with Crippen LogP contribution in [0.5, 0.6) is 17.5 Å². The van der Waals surface area contributed by atoms with E-state index in [0.717, 1.165) is 21.8 Å². The van der Waals surface area contributed by atoms with Gasteiger partial charge in [0.1, 0.15) is 30.8 Å². The molecule has 8 aromatic rings. The summed E-state index contributed by atoms with van der Waals surface area (Å²) in [6.45, 7) is 0. The highest BCUT2D eigenvalue weighted by Crippen LogP contribution is 2.25. The van der Waals surface area contributed by atoms with Crippen LogP contribution >= 0.6 is 0 Å². The largest absolute Gasteiger partial charge is 0.491 e. The topological polar surface area (TPSA) is 206 Å². The second-order valence-corrected chi connectivity index (χ2v) is 9.01. The van der Waals surface area contributed by atoms with E-state index in [1.54, 1.807) is 24.7 Å². The van der Waals surface area contributed by atoms with Crippen LogP contribution in [-0.2, 0) is 0 Å². The highest BCUT2D eigenvalue weighted by atomic mass is 16.7. The van der Waals surface area contributed by atoms with Gasteiger partial charge in [-0.15, -0.1) is 5.10 Å². The predicted molar refractivity (Wildman–Crippen MR) is 164 cm³/mol. The second-order valence-electron chi connectivity index (χ2n) is 9.01. The Kier molecular flexibility index (Phi) is 9.14. The lowest BCUT2D eigenvalue weighted by Crippen LogP contribution is -2.30. The molecule has 0 radical (unpaired) electrons. The summed E-state index contributed by atoms with van der Waals surface area (Å²) < 4.78 is 5.62. The van der Waals surface area contributed by atoms with Gasteiger partial charge in [-0.3, -0.25) is 0 Å². The van der Waals surface area contributed by atoms with Gasteiger partial charge in [-0.2, -0.15) is 4.98 Å². The monoisotopic (exact) mass is 612 g/mol. The van der Waals surface area contributed by atoms with Crippen molar-refractivity contribution >= 4 is 45.6 Å². The Hall–Kier alpha value is -6.59. The smallest absolute Gasteiger partial charge is 0.435 e. The van der Waals surface area contributed by atoms with Crippen LogP contribution in [0.15, 0.2) is 117 Å². The molecule has 0 bridgehead atoms. The van der Waals surface area contributed by atoms with Crippen LogP contribution in [-0.4, -0.2) is 77.2 Å². The van der Waals surface area contributed by atoms with Gasteiger partial charge in [-0.25, -0.2) is 39.9 Å². The molecule has 6 heterocycles. The van der Waals surface area contributed by atoms with Gasteiger partial charge in [0.15, 0.2) is 5.75 Å². The zero-order valence-electron chi connectivity index (χ0n) is 23.6. The van der Waals surface area contributed by atoms with E-state index in [1.807, 2.05) is 54.6 Å². The third-order valence-electron chi connectivity index (χ3n) is 6.00. The molecule has 224 valence electrons. The second kappa shape index (κ2) is 14.3. The number of rotatable bonds is 5. The minimum Gasteiger partial charge on any atom is -0.435 e. The lowest BCUT2D eigenvalue weighted by Gasteiger charge is -2.05. The van der Waals surface area contributed by atoms with Crippen molar-refractivity contribution in [2.75, 3.05) is 0 Å². The highest BCUT2D eigenvalue weighted by Gasteiger charge is 2.11. The Balaban J connectivity index is 0.000000130. The third-order valence-corrected chi connectivity index (χ3v) is 6.00. The van der Waals surface area contributed by atoms with Crippen LogP contribution in [0.1, 0.15) is 0 Å². The van der Waals surface area contributed by atoms with Gasteiger partial charge in [0, 0.05) is 24.1 Å². The molecular formula is C29H21BN12O4. The Bertz CT molecular complexity index is 2160. The van der Waals surface area contributed by atoms with Gasteiger partial charge in [-0.05, 0) is 41.6 Å². The summed E-state index contributed by atoms with van der Waals surface area (Å²) >= 11 is 0. The molecule has 17 heteroatoms. The quantitative estimate of drug-likeness (QED) is 0.267. The Morgan fingerprint density at radius 2 is 1.17 bits per heavy atom. The van der Waals surface area contributed by atoms with Crippen molar-refractivity contribution in [2.45, 2.75) is 0 Å². The van der Waals surface area contributed by atoms with E-state index < -0.39 is 7.12 Å². The van der Waals surface area contributed by atoms with Crippen molar-refractivity contribution in [1.82, 2.24) is 60.0 Å².